The Bertz CT molecular complexity index is 587. The molecule has 0 radical (unpaired) electrons. The highest BCUT2D eigenvalue weighted by Crippen LogP contribution is 2.34. The number of benzene rings is 1. The highest BCUT2D eigenvalue weighted by molar-refractivity contribution is 5.97. The Morgan fingerprint density at radius 2 is 2.20 bits per heavy atom. The van der Waals surface area contributed by atoms with Crippen LogP contribution in [0.4, 0.5) is 14.5 Å². The van der Waals surface area contributed by atoms with E-state index < -0.39 is 11.6 Å². The second kappa shape index (κ2) is 5.75. The van der Waals surface area contributed by atoms with Gasteiger partial charge in [-0.3, -0.25) is 4.79 Å². The van der Waals surface area contributed by atoms with Gasteiger partial charge in [0.15, 0.2) is 11.6 Å². The Hall–Kier alpha value is -2.34. The summed E-state index contributed by atoms with van der Waals surface area (Å²) in [6.45, 7) is 0.462. The van der Waals surface area contributed by atoms with Crippen molar-refractivity contribution in [2.24, 2.45) is 11.0 Å². The molecule has 0 saturated carbocycles. The van der Waals surface area contributed by atoms with Crippen LogP contribution in [0.25, 0.3) is 10.4 Å². The van der Waals surface area contributed by atoms with Crippen molar-refractivity contribution in [2.75, 3.05) is 25.1 Å². The fourth-order valence-corrected chi connectivity index (χ4v) is 2.18. The number of carbonyl (C=O) groups excluding carboxylic acids is 1. The van der Waals surface area contributed by atoms with Crippen molar-refractivity contribution in [3.8, 4) is 5.75 Å². The first-order valence-electron chi connectivity index (χ1n) is 5.91. The summed E-state index contributed by atoms with van der Waals surface area (Å²) in [5.74, 6) is -2.39. The largest absolute Gasteiger partial charge is 0.494 e. The molecule has 1 fully saturated rings. The molecule has 1 aromatic rings. The van der Waals surface area contributed by atoms with Gasteiger partial charge in [-0.1, -0.05) is 5.11 Å². The highest BCUT2D eigenvalue weighted by Gasteiger charge is 2.32. The van der Waals surface area contributed by atoms with E-state index in [0.717, 1.165) is 12.1 Å². The lowest BCUT2D eigenvalue weighted by molar-refractivity contribution is -0.117. The Morgan fingerprint density at radius 1 is 1.50 bits per heavy atom. The predicted molar refractivity (Wildman–Crippen MR) is 67.4 cm³/mol. The fraction of sp³-hybridized carbons (Fsp3) is 0.417. The lowest BCUT2D eigenvalue weighted by Crippen LogP contribution is -2.25. The van der Waals surface area contributed by atoms with Gasteiger partial charge in [-0.2, -0.15) is 0 Å². The minimum absolute atomic E-state index is 0.0849. The summed E-state index contributed by atoms with van der Waals surface area (Å²) in [7, 11) is 1.31. The number of azide groups is 1. The van der Waals surface area contributed by atoms with Crippen molar-refractivity contribution in [3.05, 3.63) is 34.2 Å². The molecule has 0 aromatic heterocycles. The summed E-state index contributed by atoms with van der Waals surface area (Å²) in [5, 5.41) is 3.43. The molecule has 1 saturated heterocycles. The van der Waals surface area contributed by atoms with Crippen molar-refractivity contribution in [2.45, 2.75) is 6.42 Å². The number of methoxy groups -OCH3 is 1. The van der Waals surface area contributed by atoms with Crippen LogP contribution in [0.15, 0.2) is 17.2 Å². The van der Waals surface area contributed by atoms with Gasteiger partial charge in [0.25, 0.3) is 0 Å². The van der Waals surface area contributed by atoms with E-state index in [1.54, 1.807) is 0 Å². The standard InChI is InChI=1S/C12H12F2N4O2/c1-20-11-4-9(14)8(13)3-10(11)18-6-7(2-12(18)19)5-16-17-15/h3-4,7H,2,5-6H2,1H3. The van der Waals surface area contributed by atoms with E-state index in [0.29, 0.717) is 0 Å². The molecule has 1 aliphatic heterocycles. The molecule has 1 aliphatic rings. The van der Waals surface area contributed by atoms with Crippen molar-refractivity contribution >= 4 is 11.6 Å². The predicted octanol–water partition coefficient (Wildman–Crippen LogP) is 2.64. The SMILES string of the molecule is COc1cc(F)c(F)cc1N1CC(CN=[N+]=[N-])CC1=O. The molecule has 0 N–H and O–H groups in total. The molecular weight excluding hydrogens is 270 g/mol. The lowest BCUT2D eigenvalue weighted by atomic mass is 10.1. The van der Waals surface area contributed by atoms with Gasteiger partial charge < -0.3 is 9.64 Å². The van der Waals surface area contributed by atoms with Crippen molar-refractivity contribution in [1.29, 1.82) is 0 Å². The summed E-state index contributed by atoms with van der Waals surface area (Å²) in [5.41, 5.74) is 8.45. The van der Waals surface area contributed by atoms with Crippen LogP contribution < -0.4 is 9.64 Å². The van der Waals surface area contributed by atoms with Gasteiger partial charge in [0.2, 0.25) is 5.91 Å². The molecule has 0 spiro atoms. The van der Waals surface area contributed by atoms with E-state index in [9.17, 15) is 13.6 Å². The quantitative estimate of drug-likeness (QED) is 0.483. The number of anilines is 1. The van der Waals surface area contributed by atoms with Gasteiger partial charge in [-0.05, 0) is 11.4 Å². The molecule has 20 heavy (non-hydrogen) atoms. The maximum Gasteiger partial charge on any atom is 0.227 e. The minimum atomic E-state index is -1.05. The zero-order valence-corrected chi connectivity index (χ0v) is 10.7. The van der Waals surface area contributed by atoms with E-state index in [4.69, 9.17) is 10.3 Å². The van der Waals surface area contributed by atoms with Gasteiger partial charge in [0.1, 0.15) is 5.75 Å². The van der Waals surface area contributed by atoms with Crippen LogP contribution in [0.5, 0.6) is 5.75 Å². The molecule has 1 amide bonds. The van der Waals surface area contributed by atoms with E-state index in [2.05, 4.69) is 10.0 Å². The Balaban J connectivity index is 2.29. The first kappa shape index (κ1) is 14.1. The number of nitrogens with zero attached hydrogens (tertiary/aromatic N) is 4. The van der Waals surface area contributed by atoms with E-state index >= 15 is 0 Å². The number of amides is 1. The first-order chi connectivity index (χ1) is 9.56. The molecule has 1 heterocycles. The fourth-order valence-electron chi connectivity index (χ4n) is 2.18. The second-order valence-corrected chi connectivity index (χ2v) is 4.43. The number of carbonyl (C=O) groups is 1. The van der Waals surface area contributed by atoms with Crippen LogP contribution in [0.1, 0.15) is 6.42 Å². The molecule has 1 atom stereocenters. The van der Waals surface area contributed by atoms with Gasteiger partial charge >= 0.3 is 0 Å². The van der Waals surface area contributed by atoms with Gasteiger partial charge in [-0.15, -0.1) is 0 Å². The van der Waals surface area contributed by atoms with Gasteiger partial charge in [0, 0.05) is 36.6 Å². The zero-order valence-electron chi connectivity index (χ0n) is 10.7. The molecular formula is C12H12F2N4O2. The summed E-state index contributed by atoms with van der Waals surface area (Å²) >= 11 is 0. The monoisotopic (exact) mass is 282 g/mol. The summed E-state index contributed by atoms with van der Waals surface area (Å²) in [6, 6.07) is 1.83. The maximum absolute atomic E-state index is 13.3. The second-order valence-electron chi connectivity index (χ2n) is 4.43. The number of ether oxygens (including phenoxy) is 1. The summed E-state index contributed by atoms with van der Waals surface area (Å²) in [6.07, 6.45) is 0.196. The van der Waals surface area contributed by atoms with Crippen LogP contribution in [-0.2, 0) is 4.79 Å². The average molecular weight is 282 g/mol. The van der Waals surface area contributed by atoms with Crippen LogP contribution in [0, 0.1) is 17.6 Å². The smallest absolute Gasteiger partial charge is 0.227 e. The Kier molecular flexibility index (Phi) is 4.05. The van der Waals surface area contributed by atoms with Gasteiger partial charge in [0.05, 0.1) is 12.8 Å². The molecule has 0 aliphatic carbocycles. The Labute approximate surface area is 113 Å². The molecule has 106 valence electrons. The molecule has 0 bridgehead atoms. The summed E-state index contributed by atoms with van der Waals surface area (Å²) < 4.78 is 31.5. The number of halogens is 2. The van der Waals surface area contributed by atoms with Crippen LogP contribution >= 0.6 is 0 Å². The van der Waals surface area contributed by atoms with Crippen molar-refractivity contribution in [3.63, 3.8) is 0 Å². The first-order valence-corrected chi connectivity index (χ1v) is 5.91. The maximum atomic E-state index is 13.3. The van der Waals surface area contributed by atoms with E-state index in [-0.39, 0.29) is 42.8 Å². The van der Waals surface area contributed by atoms with Crippen molar-refractivity contribution in [1.82, 2.24) is 0 Å². The lowest BCUT2D eigenvalue weighted by Gasteiger charge is -2.19. The van der Waals surface area contributed by atoms with Crippen molar-refractivity contribution < 1.29 is 18.3 Å². The average Bonchev–Trinajstić information content (AvgIpc) is 2.80. The number of rotatable bonds is 4. The zero-order chi connectivity index (χ0) is 14.7. The minimum Gasteiger partial charge on any atom is -0.494 e. The molecule has 1 unspecified atom stereocenters. The van der Waals surface area contributed by atoms with Crippen LogP contribution in [-0.4, -0.2) is 26.1 Å². The van der Waals surface area contributed by atoms with E-state index in [1.807, 2.05) is 0 Å². The van der Waals surface area contributed by atoms with Crippen LogP contribution in [0.3, 0.4) is 0 Å². The number of hydrogen-bond donors (Lipinski definition) is 0. The molecule has 2 rings (SSSR count). The normalized spacial score (nSPS) is 18.1. The van der Waals surface area contributed by atoms with Gasteiger partial charge in [-0.25, -0.2) is 8.78 Å². The van der Waals surface area contributed by atoms with E-state index in [1.165, 1.54) is 12.0 Å². The third kappa shape index (κ3) is 2.65. The topological polar surface area (TPSA) is 78.3 Å². The summed E-state index contributed by atoms with van der Waals surface area (Å²) in [4.78, 5) is 15.9. The molecule has 1 aromatic carbocycles. The molecule has 8 heteroatoms. The third-order valence-corrected chi connectivity index (χ3v) is 3.12. The van der Waals surface area contributed by atoms with Crippen LogP contribution in [0.2, 0.25) is 0 Å². The molecule has 6 nitrogen and oxygen atoms in total. The number of hydrogen-bond acceptors (Lipinski definition) is 3. The highest BCUT2D eigenvalue weighted by atomic mass is 19.2. The Morgan fingerprint density at radius 3 is 2.85 bits per heavy atom. The third-order valence-electron chi connectivity index (χ3n) is 3.12.